The van der Waals surface area contributed by atoms with Crippen LogP contribution in [0, 0.1) is 5.82 Å². The number of anilines is 1. The fourth-order valence-corrected chi connectivity index (χ4v) is 2.37. The van der Waals surface area contributed by atoms with Crippen molar-refractivity contribution in [3.05, 3.63) is 66.0 Å². The van der Waals surface area contributed by atoms with Crippen LogP contribution in [-0.4, -0.2) is 28.2 Å². The SMILES string of the molecule is CCC(Br)OC(C(=O)O)N(C(=O)c1ccccc1)c1cccc(F)c1. The van der Waals surface area contributed by atoms with Crippen molar-refractivity contribution in [2.24, 2.45) is 0 Å². The number of benzene rings is 2. The van der Waals surface area contributed by atoms with Crippen LogP contribution in [0.25, 0.3) is 0 Å². The van der Waals surface area contributed by atoms with Gasteiger partial charge < -0.3 is 9.84 Å². The number of hydrogen-bond acceptors (Lipinski definition) is 3. The molecule has 0 aliphatic heterocycles. The highest BCUT2D eigenvalue weighted by Crippen LogP contribution is 2.24. The van der Waals surface area contributed by atoms with Gasteiger partial charge in [-0.05, 0) is 36.8 Å². The first kappa shape index (κ1) is 19.1. The Morgan fingerprint density at radius 2 is 1.88 bits per heavy atom. The van der Waals surface area contributed by atoms with E-state index in [0.29, 0.717) is 6.42 Å². The summed E-state index contributed by atoms with van der Waals surface area (Å²) in [4.78, 5) is 25.6. The van der Waals surface area contributed by atoms with E-state index in [-0.39, 0.29) is 11.3 Å². The Bertz CT molecular complexity index is 741. The summed E-state index contributed by atoms with van der Waals surface area (Å²) in [6.07, 6.45) is -1.13. The summed E-state index contributed by atoms with van der Waals surface area (Å²) < 4.78 is 19.1. The molecule has 2 unspecified atom stereocenters. The Kier molecular flexibility index (Phi) is 6.66. The summed E-state index contributed by atoms with van der Waals surface area (Å²) in [5, 5.41) is 9.01. The smallest absolute Gasteiger partial charge is 0.354 e. The van der Waals surface area contributed by atoms with Crippen LogP contribution in [0.2, 0.25) is 0 Å². The first-order valence-electron chi connectivity index (χ1n) is 7.60. The molecule has 2 aromatic carbocycles. The molecule has 5 nitrogen and oxygen atoms in total. The van der Waals surface area contributed by atoms with Crippen molar-refractivity contribution in [2.75, 3.05) is 4.90 Å². The monoisotopic (exact) mass is 409 g/mol. The second-order valence-corrected chi connectivity index (χ2v) is 6.19. The van der Waals surface area contributed by atoms with Crippen LogP contribution in [0.1, 0.15) is 23.7 Å². The molecule has 0 aromatic heterocycles. The summed E-state index contributed by atoms with van der Waals surface area (Å²) in [6, 6.07) is 13.3. The zero-order valence-corrected chi connectivity index (χ0v) is 15.0. The van der Waals surface area contributed by atoms with Crippen LogP contribution in [0.15, 0.2) is 54.6 Å². The number of carboxylic acids is 1. The first-order chi connectivity index (χ1) is 11.9. The van der Waals surface area contributed by atoms with Gasteiger partial charge in [-0.2, -0.15) is 0 Å². The maximum absolute atomic E-state index is 13.7. The number of nitrogens with zero attached hydrogens (tertiary/aromatic N) is 1. The summed E-state index contributed by atoms with van der Waals surface area (Å²) in [5.41, 5.74) is 0.362. The number of alkyl halides is 1. The molecule has 0 spiro atoms. The summed E-state index contributed by atoms with van der Waals surface area (Å²) in [7, 11) is 0. The molecule has 2 rings (SSSR count). The second kappa shape index (κ2) is 8.73. The minimum atomic E-state index is -1.61. The van der Waals surface area contributed by atoms with Gasteiger partial charge in [0.25, 0.3) is 5.91 Å². The lowest BCUT2D eigenvalue weighted by molar-refractivity contribution is -0.150. The minimum absolute atomic E-state index is 0.0945. The highest BCUT2D eigenvalue weighted by atomic mass is 79.9. The van der Waals surface area contributed by atoms with Gasteiger partial charge in [0.15, 0.2) is 0 Å². The summed E-state index contributed by atoms with van der Waals surface area (Å²) >= 11 is 3.21. The molecule has 0 saturated carbocycles. The molecule has 7 heteroatoms. The number of carboxylic acid groups (broad SMARTS) is 1. The van der Waals surface area contributed by atoms with Gasteiger partial charge in [0.2, 0.25) is 6.23 Å². The van der Waals surface area contributed by atoms with Crippen LogP contribution in [0.4, 0.5) is 10.1 Å². The van der Waals surface area contributed by atoms with Gasteiger partial charge in [0, 0.05) is 5.56 Å². The Morgan fingerprint density at radius 1 is 1.20 bits per heavy atom. The molecule has 2 atom stereocenters. The predicted octanol–water partition coefficient (Wildman–Crippen LogP) is 4.03. The molecule has 0 fully saturated rings. The lowest BCUT2D eigenvalue weighted by atomic mass is 10.1. The molecule has 1 N–H and O–H groups in total. The zero-order valence-electron chi connectivity index (χ0n) is 13.4. The Morgan fingerprint density at radius 3 is 2.44 bits per heavy atom. The number of rotatable bonds is 7. The molecule has 0 bridgehead atoms. The van der Waals surface area contributed by atoms with E-state index >= 15 is 0 Å². The second-order valence-electron chi connectivity index (χ2n) is 5.17. The molecular weight excluding hydrogens is 393 g/mol. The van der Waals surface area contributed by atoms with Gasteiger partial charge in [-0.15, -0.1) is 0 Å². The van der Waals surface area contributed by atoms with Crippen LogP contribution >= 0.6 is 15.9 Å². The normalized spacial score (nSPS) is 13.1. The number of halogens is 2. The third-order valence-electron chi connectivity index (χ3n) is 3.37. The summed E-state index contributed by atoms with van der Waals surface area (Å²) in [5.74, 6) is -2.54. The molecule has 0 aliphatic rings. The highest BCUT2D eigenvalue weighted by Gasteiger charge is 2.34. The predicted molar refractivity (Wildman–Crippen MR) is 95.2 cm³/mol. The van der Waals surface area contributed by atoms with Crippen molar-refractivity contribution >= 4 is 33.5 Å². The van der Waals surface area contributed by atoms with E-state index in [2.05, 4.69) is 15.9 Å². The lowest BCUT2D eigenvalue weighted by Crippen LogP contribution is -2.48. The van der Waals surface area contributed by atoms with Gasteiger partial charge in [-0.3, -0.25) is 9.69 Å². The molecule has 1 amide bonds. The van der Waals surface area contributed by atoms with E-state index in [0.717, 1.165) is 11.0 Å². The minimum Gasteiger partial charge on any atom is -0.478 e. The Balaban J connectivity index is 2.50. The number of carbonyl (C=O) groups is 2. The van der Waals surface area contributed by atoms with Gasteiger partial charge in [-0.1, -0.05) is 47.1 Å². The Hall–Kier alpha value is -2.25. The van der Waals surface area contributed by atoms with Gasteiger partial charge >= 0.3 is 5.97 Å². The average Bonchev–Trinajstić information content (AvgIpc) is 2.61. The van der Waals surface area contributed by atoms with Gasteiger partial charge in [-0.25, -0.2) is 9.18 Å². The van der Waals surface area contributed by atoms with Crippen LogP contribution in [0.3, 0.4) is 0 Å². The molecule has 0 saturated heterocycles. The van der Waals surface area contributed by atoms with E-state index in [4.69, 9.17) is 4.74 Å². The molecule has 25 heavy (non-hydrogen) atoms. The standard InChI is InChI=1S/C18H17BrFNO4/c1-2-15(19)25-17(18(23)24)21(14-10-6-9-13(20)11-14)16(22)12-7-4-3-5-8-12/h3-11,15,17H,2H2,1H3,(H,23,24). The van der Waals surface area contributed by atoms with Crippen molar-refractivity contribution in [1.82, 2.24) is 0 Å². The van der Waals surface area contributed by atoms with Crippen molar-refractivity contribution < 1.29 is 23.8 Å². The average molecular weight is 410 g/mol. The highest BCUT2D eigenvalue weighted by molar-refractivity contribution is 9.09. The lowest BCUT2D eigenvalue weighted by Gasteiger charge is -2.30. The third-order valence-corrected chi connectivity index (χ3v) is 4.23. The zero-order chi connectivity index (χ0) is 18.4. The molecule has 0 aliphatic carbocycles. The van der Waals surface area contributed by atoms with E-state index in [9.17, 15) is 19.1 Å². The molecule has 2 aromatic rings. The molecule has 0 radical (unpaired) electrons. The number of hydrogen-bond donors (Lipinski definition) is 1. The Labute approximate surface area is 153 Å². The largest absolute Gasteiger partial charge is 0.478 e. The fourth-order valence-electron chi connectivity index (χ4n) is 2.17. The van der Waals surface area contributed by atoms with E-state index in [1.807, 2.05) is 0 Å². The number of carbonyl (C=O) groups excluding carboxylic acids is 1. The van der Waals surface area contributed by atoms with Gasteiger partial charge in [0.1, 0.15) is 10.8 Å². The number of aliphatic carboxylic acids is 1. The topological polar surface area (TPSA) is 66.8 Å². The van der Waals surface area contributed by atoms with Crippen molar-refractivity contribution in [3.8, 4) is 0 Å². The van der Waals surface area contributed by atoms with Gasteiger partial charge in [0.05, 0.1) is 5.69 Å². The third kappa shape index (κ3) is 4.87. The van der Waals surface area contributed by atoms with Crippen molar-refractivity contribution in [1.29, 1.82) is 0 Å². The van der Waals surface area contributed by atoms with Crippen molar-refractivity contribution in [3.63, 3.8) is 0 Å². The maximum Gasteiger partial charge on any atom is 0.354 e. The van der Waals surface area contributed by atoms with Crippen LogP contribution < -0.4 is 4.90 Å². The molecular formula is C18H17BrFNO4. The molecule has 132 valence electrons. The van der Waals surface area contributed by atoms with E-state index < -0.39 is 28.9 Å². The molecule has 0 heterocycles. The quantitative estimate of drug-likeness (QED) is 0.553. The van der Waals surface area contributed by atoms with E-state index in [1.54, 1.807) is 37.3 Å². The summed E-state index contributed by atoms with van der Waals surface area (Å²) in [6.45, 7) is 1.80. The first-order valence-corrected chi connectivity index (χ1v) is 8.52. The van der Waals surface area contributed by atoms with E-state index in [1.165, 1.54) is 18.2 Å². The number of ether oxygens (including phenoxy) is 1. The maximum atomic E-state index is 13.7. The number of amides is 1. The van der Waals surface area contributed by atoms with Crippen LogP contribution in [0.5, 0.6) is 0 Å². The fraction of sp³-hybridized carbons (Fsp3) is 0.222. The van der Waals surface area contributed by atoms with Crippen molar-refractivity contribution in [2.45, 2.75) is 24.6 Å². The van der Waals surface area contributed by atoms with Crippen LogP contribution in [-0.2, 0) is 9.53 Å².